The van der Waals surface area contributed by atoms with Crippen molar-refractivity contribution >= 4 is 56.1 Å². The maximum Gasteiger partial charge on any atom is 0.143 e. The third kappa shape index (κ3) is 3.95. The van der Waals surface area contributed by atoms with Crippen LogP contribution in [0.3, 0.4) is 0 Å². The van der Waals surface area contributed by atoms with Crippen LogP contribution in [0.2, 0.25) is 0 Å². The summed E-state index contributed by atoms with van der Waals surface area (Å²) < 4.78 is 8.60. The van der Waals surface area contributed by atoms with E-state index in [4.69, 9.17) is 9.72 Å². The van der Waals surface area contributed by atoms with E-state index < -0.39 is 0 Å². The normalized spacial score (nSPS) is 13.3. The van der Waals surface area contributed by atoms with E-state index >= 15 is 0 Å². The van der Waals surface area contributed by atoms with Gasteiger partial charge in [0.15, 0.2) is 0 Å². The molecule has 0 amide bonds. The van der Waals surface area contributed by atoms with Gasteiger partial charge in [-0.3, -0.25) is 0 Å². The number of pyridine rings is 1. The van der Waals surface area contributed by atoms with Crippen LogP contribution in [0.4, 0.5) is 34.1 Å². The Morgan fingerprint density at radius 1 is 0.636 bits per heavy atom. The standard InChI is InChI=1S/C37H24N5O.Pt/c1-39-24-40(32-16-5-4-15-31(32)39)25-19-20-36-34(23-25)41(33-17-6-7-18-35(33)43-36)26-10-8-11-27(22-26)42-30-14-3-2-12-28(30)29-13-9-21-38-37(29)42;/h2-21,24H,1H3;/q-3;. The topological polar surface area (TPSA) is 36.8 Å². The molecule has 0 saturated carbocycles. The summed E-state index contributed by atoms with van der Waals surface area (Å²) in [5.41, 5.74) is 8.72. The van der Waals surface area contributed by atoms with Crippen molar-refractivity contribution in [3.8, 4) is 17.2 Å². The van der Waals surface area contributed by atoms with Gasteiger partial charge in [-0.05, 0) is 55.2 Å². The van der Waals surface area contributed by atoms with Crippen LogP contribution >= 0.6 is 0 Å². The Kier molecular flexibility index (Phi) is 6.21. The van der Waals surface area contributed by atoms with E-state index in [2.05, 4.69) is 130 Å². The zero-order chi connectivity index (χ0) is 28.5. The Morgan fingerprint density at radius 3 is 2.30 bits per heavy atom. The molecule has 0 spiro atoms. The van der Waals surface area contributed by atoms with Gasteiger partial charge in [-0.15, -0.1) is 42.1 Å². The maximum atomic E-state index is 6.41. The molecule has 0 atom stereocenters. The van der Waals surface area contributed by atoms with Crippen molar-refractivity contribution in [2.75, 3.05) is 21.7 Å². The van der Waals surface area contributed by atoms with Gasteiger partial charge in [0.2, 0.25) is 0 Å². The predicted octanol–water partition coefficient (Wildman–Crippen LogP) is 9.06. The van der Waals surface area contributed by atoms with Crippen molar-refractivity contribution in [2.24, 2.45) is 0 Å². The van der Waals surface area contributed by atoms with Crippen molar-refractivity contribution in [3.05, 3.63) is 140 Å². The summed E-state index contributed by atoms with van der Waals surface area (Å²) in [5.74, 6) is 1.52. The molecule has 0 unspecified atom stereocenters. The number of rotatable bonds is 3. The van der Waals surface area contributed by atoms with Crippen LogP contribution < -0.4 is 19.4 Å². The van der Waals surface area contributed by atoms with Crippen molar-refractivity contribution in [2.45, 2.75) is 0 Å². The zero-order valence-corrected chi connectivity index (χ0v) is 25.9. The Labute approximate surface area is 269 Å². The molecule has 2 aromatic heterocycles. The second-order valence-corrected chi connectivity index (χ2v) is 10.7. The van der Waals surface area contributed by atoms with Gasteiger partial charge in [-0.25, -0.2) is 4.98 Å². The van der Waals surface area contributed by atoms with E-state index in [1.165, 1.54) is 0 Å². The summed E-state index contributed by atoms with van der Waals surface area (Å²) in [6.07, 6.45) is 1.84. The Hall–Kier alpha value is -5.06. The van der Waals surface area contributed by atoms with Crippen LogP contribution in [0, 0.1) is 18.8 Å². The van der Waals surface area contributed by atoms with Gasteiger partial charge in [-0.2, -0.15) is 12.7 Å². The monoisotopic (exact) mass is 749 g/mol. The molecule has 7 aromatic rings. The van der Waals surface area contributed by atoms with Crippen molar-refractivity contribution in [3.63, 3.8) is 0 Å². The Balaban J connectivity index is 0.00000289. The van der Waals surface area contributed by atoms with Crippen LogP contribution in [-0.4, -0.2) is 16.6 Å². The molecule has 6 nitrogen and oxygen atoms in total. The number of aromatic nitrogens is 2. The van der Waals surface area contributed by atoms with Gasteiger partial charge in [0.1, 0.15) is 11.4 Å². The Morgan fingerprint density at radius 2 is 1.39 bits per heavy atom. The largest absolute Gasteiger partial charge is 0.513 e. The van der Waals surface area contributed by atoms with E-state index in [1.807, 2.05) is 36.5 Å². The number of fused-ring (bicyclic) bond motifs is 6. The fourth-order valence-corrected chi connectivity index (χ4v) is 6.27. The summed E-state index contributed by atoms with van der Waals surface area (Å²) in [4.78, 5) is 11.3. The van der Waals surface area contributed by atoms with Gasteiger partial charge < -0.3 is 24.0 Å². The minimum absolute atomic E-state index is 0. The predicted molar refractivity (Wildman–Crippen MR) is 172 cm³/mol. The van der Waals surface area contributed by atoms with Crippen LogP contribution in [0.5, 0.6) is 11.5 Å². The van der Waals surface area contributed by atoms with Gasteiger partial charge in [0.25, 0.3) is 0 Å². The minimum atomic E-state index is 0. The first-order chi connectivity index (χ1) is 21.2. The van der Waals surface area contributed by atoms with Crippen LogP contribution in [0.1, 0.15) is 0 Å². The summed E-state index contributed by atoms with van der Waals surface area (Å²) in [6.45, 7) is 2.09. The number of benzene rings is 5. The van der Waals surface area contributed by atoms with Crippen LogP contribution in [0.25, 0.3) is 27.6 Å². The molecule has 2 aliphatic rings. The van der Waals surface area contributed by atoms with Gasteiger partial charge in [-0.1, -0.05) is 53.8 Å². The van der Waals surface area contributed by atoms with E-state index in [0.29, 0.717) is 0 Å². The molecule has 4 heterocycles. The first-order valence-corrected chi connectivity index (χ1v) is 14.2. The van der Waals surface area contributed by atoms with Crippen molar-refractivity contribution in [1.29, 1.82) is 0 Å². The van der Waals surface area contributed by atoms with Gasteiger partial charge >= 0.3 is 0 Å². The second-order valence-electron chi connectivity index (χ2n) is 10.7. The third-order valence-corrected chi connectivity index (χ3v) is 8.17. The average molecular weight is 750 g/mol. The summed E-state index contributed by atoms with van der Waals surface area (Å²) in [5, 5.41) is 2.28. The molecule has 0 N–H and O–H groups in total. The van der Waals surface area contributed by atoms with E-state index in [0.717, 1.165) is 73.2 Å². The van der Waals surface area contributed by atoms with E-state index in [1.54, 1.807) is 0 Å². The van der Waals surface area contributed by atoms with Gasteiger partial charge in [0, 0.05) is 55.2 Å². The smallest absolute Gasteiger partial charge is 0.143 e. The molecule has 5 aromatic carbocycles. The zero-order valence-electron chi connectivity index (χ0n) is 23.6. The Bertz CT molecular complexity index is 2160. The fraction of sp³-hybridized carbons (Fsp3) is 0.0270. The number of hydrogen-bond acceptors (Lipinski definition) is 5. The molecule has 7 heteroatoms. The van der Waals surface area contributed by atoms with Gasteiger partial charge in [0.05, 0.1) is 11.2 Å². The molecule has 0 aliphatic carbocycles. The number of anilines is 6. The van der Waals surface area contributed by atoms with E-state index in [9.17, 15) is 0 Å². The molecular weight excluding hydrogens is 726 g/mol. The fourth-order valence-electron chi connectivity index (χ4n) is 6.27. The third-order valence-electron chi connectivity index (χ3n) is 8.17. The maximum absolute atomic E-state index is 6.41. The number of hydrogen-bond donors (Lipinski definition) is 0. The summed E-state index contributed by atoms with van der Waals surface area (Å²) >= 11 is 0. The van der Waals surface area contributed by atoms with Crippen LogP contribution in [0.15, 0.2) is 121 Å². The molecule has 0 fully saturated rings. The molecule has 216 valence electrons. The molecule has 0 bridgehead atoms. The first-order valence-electron chi connectivity index (χ1n) is 14.2. The van der Waals surface area contributed by atoms with E-state index in [-0.39, 0.29) is 21.1 Å². The quantitative estimate of drug-likeness (QED) is 0.169. The molecule has 44 heavy (non-hydrogen) atoms. The minimum Gasteiger partial charge on any atom is -0.513 e. The average Bonchev–Trinajstić information content (AvgIpc) is 3.58. The molecule has 9 rings (SSSR count). The SMILES string of the molecule is CN1[CH-]N(c2[c-]c3c(cc2)Oc2ccccc2N3c2[c-]c(-n3c4ccccc4c4cccnc43)ccc2)c2ccccc21.[Pt]. The second kappa shape index (κ2) is 10.3. The summed E-state index contributed by atoms with van der Waals surface area (Å²) in [7, 11) is 2.06. The molecule has 2 aliphatic heterocycles. The molecule has 0 radical (unpaired) electrons. The number of para-hydroxylation sites is 5. The first kappa shape index (κ1) is 26.6. The number of nitrogens with zero attached hydrogens (tertiary/aromatic N) is 5. The number of ether oxygens (including phenoxy) is 1. The van der Waals surface area contributed by atoms with Crippen molar-refractivity contribution < 1.29 is 25.8 Å². The molecule has 0 saturated heterocycles. The van der Waals surface area contributed by atoms with Crippen LogP contribution in [-0.2, 0) is 21.1 Å². The van der Waals surface area contributed by atoms with Crippen molar-refractivity contribution in [1.82, 2.24) is 9.55 Å². The summed E-state index contributed by atoms with van der Waals surface area (Å²) in [6, 6.07) is 46.8. The molecular formula is C37H24N5OPt-3.